The molecule has 0 spiro atoms. The second-order valence-electron chi connectivity index (χ2n) is 7.94. The summed E-state index contributed by atoms with van der Waals surface area (Å²) in [5.74, 6) is -0.959. The highest BCUT2D eigenvalue weighted by molar-refractivity contribution is 5.95. The molecule has 0 bridgehead atoms. The summed E-state index contributed by atoms with van der Waals surface area (Å²) in [4.78, 5) is 36.4. The summed E-state index contributed by atoms with van der Waals surface area (Å²) < 4.78 is 0. The van der Waals surface area contributed by atoms with Crippen molar-refractivity contribution < 1.29 is 14.4 Å². The molecular formula is C23H28N6O3. The molecule has 1 aliphatic heterocycles. The maximum Gasteiger partial charge on any atom is 0.248 e. The van der Waals surface area contributed by atoms with Gasteiger partial charge in [-0.05, 0) is 42.5 Å². The summed E-state index contributed by atoms with van der Waals surface area (Å²) in [6.07, 6.45) is 0.560. The van der Waals surface area contributed by atoms with E-state index in [2.05, 4.69) is 16.0 Å². The van der Waals surface area contributed by atoms with E-state index in [1.165, 1.54) is 0 Å². The first kappa shape index (κ1) is 23.0. The van der Waals surface area contributed by atoms with Gasteiger partial charge in [-0.2, -0.15) is 0 Å². The topological polar surface area (TPSA) is 163 Å². The zero-order valence-corrected chi connectivity index (χ0v) is 17.9. The Morgan fingerprint density at radius 3 is 2.50 bits per heavy atom. The Balaban J connectivity index is 1.48. The maximum absolute atomic E-state index is 12.6. The Morgan fingerprint density at radius 1 is 1.12 bits per heavy atom. The Hall–Kier alpha value is -3.72. The van der Waals surface area contributed by atoms with Crippen LogP contribution in [-0.2, 0) is 16.1 Å². The number of amides is 3. The highest BCUT2D eigenvalue weighted by Gasteiger charge is 2.31. The first-order valence-corrected chi connectivity index (χ1v) is 10.4. The molecule has 8 N–H and O–H groups in total. The normalized spacial score (nSPS) is 18.5. The van der Waals surface area contributed by atoms with Gasteiger partial charge in [0.1, 0.15) is 11.9 Å². The lowest BCUT2D eigenvalue weighted by atomic mass is 9.94. The van der Waals surface area contributed by atoms with E-state index in [1.807, 2.05) is 6.07 Å². The van der Waals surface area contributed by atoms with E-state index in [-0.39, 0.29) is 23.6 Å². The molecule has 0 unspecified atom stereocenters. The Kier molecular flexibility index (Phi) is 7.21. The summed E-state index contributed by atoms with van der Waals surface area (Å²) >= 11 is 0. The molecule has 3 amide bonds. The molecule has 3 rings (SSSR count). The third-order valence-electron chi connectivity index (χ3n) is 5.57. The lowest BCUT2D eigenvalue weighted by molar-refractivity contribution is -0.129. The average Bonchev–Trinajstić information content (AvgIpc) is 3.28. The van der Waals surface area contributed by atoms with Crippen molar-refractivity contribution >= 4 is 23.6 Å². The average molecular weight is 437 g/mol. The number of hydrogen-bond donors (Lipinski definition) is 6. The first-order chi connectivity index (χ1) is 15.2. The van der Waals surface area contributed by atoms with E-state index in [4.69, 9.17) is 16.9 Å². The van der Waals surface area contributed by atoms with E-state index in [0.717, 1.165) is 11.1 Å². The zero-order valence-electron chi connectivity index (χ0n) is 17.9. The van der Waals surface area contributed by atoms with Gasteiger partial charge in [-0.3, -0.25) is 19.8 Å². The number of amidine groups is 1. The summed E-state index contributed by atoms with van der Waals surface area (Å²) in [6.45, 7) is 2.53. The maximum atomic E-state index is 12.6. The predicted molar refractivity (Wildman–Crippen MR) is 121 cm³/mol. The molecule has 3 atom stereocenters. The van der Waals surface area contributed by atoms with Crippen LogP contribution in [0.15, 0.2) is 48.5 Å². The van der Waals surface area contributed by atoms with Crippen LogP contribution in [0.1, 0.15) is 46.3 Å². The highest BCUT2D eigenvalue weighted by atomic mass is 16.2. The van der Waals surface area contributed by atoms with Crippen LogP contribution < -0.4 is 27.4 Å². The molecule has 1 fully saturated rings. The number of hydrogen-bond acceptors (Lipinski definition) is 5. The molecule has 1 saturated heterocycles. The molecule has 32 heavy (non-hydrogen) atoms. The minimum Gasteiger partial charge on any atom is -0.384 e. The molecule has 9 nitrogen and oxygen atoms in total. The van der Waals surface area contributed by atoms with Crippen molar-refractivity contribution in [2.24, 2.45) is 11.5 Å². The lowest BCUT2D eigenvalue weighted by Gasteiger charge is -2.17. The molecule has 1 aliphatic rings. The Morgan fingerprint density at radius 2 is 1.84 bits per heavy atom. The number of nitrogens with two attached hydrogens (primary N) is 2. The standard InChI is InChI=1S/C23H28N6O3/c1-13(22(31)28-11-14-5-7-15(8-6-14)20(24)25)29-23(32)19-10-18(12-27-19)16-3-2-4-17(9-16)21(26)30/h2-9,13,18-19,27H,10-12H2,1H3,(H3,24,25)(H2,26,30)(H,28,31)(H,29,32)/t13-,18+,19+/m0/s1. The smallest absolute Gasteiger partial charge is 0.248 e. The predicted octanol–water partition coefficient (Wildman–Crippen LogP) is 0.336. The van der Waals surface area contributed by atoms with Crippen molar-refractivity contribution in [3.63, 3.8) is 0 Å². The van der Waals surface area contributed by atoms with Crippen molar-refractivity contribution in [1.29, 1.82) is 5.41 Å². The van der Waals surface area contributed by atoms with Crippen LogP contribution in [0, 0.1) is 5.41 Å². The summed E-state index contributed by atoms with van der Waals surface area (Å²) in [7, 11) is 0. The first-order valence-electron chi connectivity index (χ1n) is 10.4. The number of rotatable bonds is 8. The van der Waals surface area contributed by atoms with E-state index in [0.29, 0.717) is 30.6 Å². The Labute approximate surface area is 186 Å². The van der Waals surface area contributed by atoms with Crippen LogP contribution in [0.25, 0.3) is 0 Å². The third-order valence-corrected chi connectivity index (χ3v) is 5.57. The van der Waals surface area contributed by atoms with Gasteiger partial charge < -0.3 is 27.4 Å². The second-order valence-corrected chi connectivity index (χ2v) is 7.94. The van der Waals surface area contributed by atoms with E-state index in [1.54, 1.807) is 49.4 Å². The van der Waals surface area contributed by atoms with E-state index in [9.17, 15) is 14.4 Å². The summed E-state index contributed by atoms with van der Waals surface area (Å²) in [5.41, 5.74) is 13.7. The molecule has 0 aliphatic carbocycles. The van der Waals surface area contributed by atoms with Crippen LogP contribution in [-0.4, -0.2) is 42.2 Å². The minimum atomic E-state index is -0.696. The summed E-state index contributed by atoms with van der Waals surface area (Å²) in [6, 6.07) is 13.0. The number of primary amides is 1. The van der Waals surface area contributed by atoms with Gasteiger partial charge in [0, 0.05) is 24.2 Å². The molecule has 1 heterocycles. The minimum absolute atomic E-state index is 0.0137. The quantitative estimate of drug-likeness (QED) is 0.259. The monoisotopic (exact) mass is 436 g/mol. The Bertz CT molecular complexity index is 1020. The fourth-order valence-corrected chi connectivity index (χ4v) is 3.66. The van der Waals surface area contributed by atoms with E-state index >= 15 is 0 Å². The van der Waals surface area contributed by atoms with Crippen LogP contribution >= 0.6 is 0 Å². The molecule has 9 heteroatoms. The molecule has 2 aromatic carbocycles. The van der Waals surface area contributed by atoms with Crippen molar-refractivity contribution in [3.05, 3.63) is 70.8 Å². The van der Waals surface area contributed by atoms with Gasteiger partial charge in [0.05, 0.1) is 6.04 Å². The largest absolute Gasteiger partial charge is 0.384 e. The fraction of sp³-hybridized carbons (Fsp3) is 0.304. The lowest BCUT2D eigenvalue weighted by Crippen LogP contribution is -2.49. The fourth-order valence-electron chi connectivity index (χ4n) is 3.66. The number of carbonyl (C=O) groups excluding carboxylic acids is 3. The van der Waals surface area contributed by atoms with Gasteiger partial charge in [0.25, 0.3) is 0 Å². The molecule has 0 aromatic heterocycles. The number of benzene rings is 2. The van der Waals surface area contributed by atoms with Crippen LogP contribution in [0.3, 0.4) is 0 Å². The van der Waals surface area contributed by atoms with Gasteiger partial charge in [-0.1, -0.05) is 36.4 Å². The van der Waals surface area contributed by atoms with Crippen LogP contribution in [0.2, 0.25) is 0 Å². The SMILES string of the molecule is C[C@H](NC(=O)[C@H]1C[C@@H](c2cccc(C(N)=O)c2)CN1)C(=O)NCc1ccc(C(=N)N)cc1. The van der Waals surface area contributed by atoms with E-state index < -0.39 is 18.0 Å². The van der Waals surface area contributed by atoms with Crippen molar-refractivity contribution in [2.75, 3.05) is 6.54 Å². The van der Waals surface area contributed by atoms with Gasteiger partial charge in [-0.15, -0.1) is 0 Å². The van der Waals surface area contributed by atoms with Gasteiger partial charge >= 0.3 is 0 Å². The van der Waals surface area contributed by atoms with Crippen LogP contribution in [0.4, 0.5) is 0 Å². The van der Waals surface area contributed by atoms with Crippen molar-refractivity contribution in [3.8, 4) is 0 Å². The summed E-state index contributed by atoms with van der Waals surface area (Å²) in [5, 5.41) is 16.1. The van der Waals surface area contributed by atoms with Gasteiger partial charge in [-0.25, -0.2) is 0 Å². The molecule has 2 aromatic rings. The number of nitrogens with one attached hydrogen (secondary N) is 4. The highest BCUT2D eigenvalue weighted by Crippen LogP contribution is 2.26. The van der Waals surface area contributed by atoms with Crippen molar-refractivity contribution in [1.82, 2.24) is 16.0 Å². The molecule has 0 saturated carbocycles. The van der Waals surface area contributed by atoms with Gasteiger partial charge in [0.2, 0.25) is 17.7 Å². The molecular weight excluding hydrogens is 408 g/mol. The van der Waals surface area contributed by atoms with Gasteiger partial charge in [0.15, 0.2) is 0 Å². The number of nitrogen functional groups attached to an aromatic ring is 1. The third kappa shape index (κ3) is 5.70. The molecule has 0 radical (unpaired) electrons. The molecule has 168 valence electrons. The number of carbonyl (C=O) groups is 3. The van der Waals surface area contributed by atoms with Crippen molar-refractivity contribution in [2.45, 2.75) is 37.9 Å². The van der Waals surface area contributed by atoms with Crippen LogP contribution in [0.5, 0.6) is 0 Å². The second kappa shape index (κ2) is 10.1. The zero-order chi connectivity index (χ0) is 23.3.